The fourth-order valence-electron chi connectivity index (χ4n) is 3.68. The van der Waals surface area contributed by atoms with Gasteiger partial charge in [0.1, 0.15) is 11.6 Å². The molecule has 2 heterocycles. The highest BCUT2D eigenvalue weighted by molar-refractivity contribution is 6.10. The summed E-state index contributed by atoms with van der Waals surface area (Å²) in [6.07, 6.45) is 7.85. The second-order valence-corrected chi connectivity index (χ2v) is 7.58. The number of aliphatic hydroxyl groups is 1. The van der Waals surface area contributed by atoms with E-state index in [2.05, 4.69) is 25.9 Å². The van der Waals surface area contributed by atoms with E-state index in [1.54, 1.807) is 19.3 Å². The van der Waals surface area contributed by atoms with E-state index in [4.69, 9.17) is 0 Å². The van der Waals surface area contributed by atoms with Gasteiger partial charge in [0.05, 0.1) is 17.7 Å². The van der Waals surface area contributed by atoms with Gasteiger partial charge in [-0.1, -0.05) is 12.8 Å². The van der Waals surface area contributed by atoms with E-state index in [-0.39, 0.29) is 23.8 Å². The maximum atomic E-state index is 12.9. The molecule has 0 spiro atoms. The molecular formula is C20H25N5O3. The summed E-state index contributed by atoms with van der Waals surface area (Å²) in [5.41, 5.74) is 0.399. The van der Waals surface area contributed by atoms with Crippen LogP contribution in [0, 0.1) is 5.92 Å². The molecule has 2 aromatic rings. The Morgan fingerprint density at radius 3 is 2.57 bits per heavy atom. The van der Waals surface area contributed by atoms with Gasteiger partial charge in [-0.3, -0.25) is 9.59 Å². The molecule has 0 aliphatic heterocycles. The van der Waals surface area contributed by atoms with Crippen LogP contribution in [0.5, 0.6) is 0 Å². The fraction of sp³-hybridized carbons (Fsp3) is 0.500. The average Bonchev–Trinajstić information content (AvgIpc) is 3.54. The predicted molar refractivity (Wildman–Crippen MR) is 106 cm³/mol. The van der Waals surface area contributed by atoms with Gasteiger partial charge >= 0.3 is 0 Å². The lowest BCUT2D eigenvalue weighted by Crippen LogP contribution is -2.45. The Morgan fingerprint density at radius 2 is 1.86 bits per heavy atom. The van der Waals surface area contributed by atoms with Crippen LogP contribution < -0.4 is 16.0 Å². The van der Waals surface area contributed by atoms with Crippen LogP contribution in [-0.2, 0) is 4.79 Å². The summed E-state index contributed by atoms with van der Waals surface area (Å²) in [5, 5.41) is 20.3. The predicted octanol–water partition coefficient (Wildman–Crippen LogP) is 2.05. The first-order valence-corrected chi connectivity index (χ1v) is 9.83. The van der Waals surface area contributed by atoms with Crippen molar-refractivity contribution in [2.75, 3.05) is 17.7 Å². The third kappa shape index (κ3) is 3.77. The van der Waals surface area contributed by atoms with Crippen LogP contribution in [0.2, 0.25) is 0 Å². The van der Waals surface area contributed by atoms with Crippen LogP contribution in [0.15, 0.2) is 18.5 Å². The van der Waals surface area contributed by atoms with Crippen LogP contribution in [0.25, 0.3) is 10.8 Å². The number of carbonyl (C=O) groups excluding carboxylic acids is 2. The maximum Gasteiger partial charge on any atom is 0.253 e. The van der Waals surface area contributed by atoms with Crippen molar-refractivity contribution in [1.82, 2.24) is 15.3 Å². The number of nitrogens with one attached hydrogen (secondary N) is 3. The molecule has 0 radical (unpaired) electrons. The molecule has 28 heavy (non-hydrogen) atoms. The van der Waals surface area contributed by atoms with Gasteiger partial charge < -0.3 is 21.1 Å². The normalized spacial score (nSPS) is 21.9. The molecule has 2 saturated carbocycles. The third-order valence-electron chi connectivity index (χ3n) is 5.50. The lowest BCUT2D eigenvalue weighted by molar-refractivity contribution is -0.117. The number of hydrogen-bond acceptors (Lipinski definition) is 6. The number of anilines is 2. The second kappa shape index (κ2) is 7.71. The zero-order valence-corrected chi connectivity index (χ0v) is 15.9. The third-order valence-corrected chi connectivity index (χ3v) is 5.50. The van der Waals surface area contributed by atoms with Crippen molar-refractivity contribution in [2.24, 2.45) is 5.92 Å². The van der Waals surface area contributed by atoms with Crippen LogP contribution in [0.3, 0.4) is 0 Å². The second-order valence-electron chi connectivity index (χ2n) is 7.58. The Morgan fingerprint density at radius 1 is 1.07 bits per heavy atom. The molecule has 4 N–H and O–H groups in total. The monoisotopic (exact) mass is 383 g/mol. The van der Waals surface area contributed by atoms with Crippen molar-refractivity contribution in [3.05, 3.63) is 24.0 Å². The van der Waals surface area contributed by atoms with Crippen molar-refractivity contribution in [3.8, 4) is 0 Å². The summed E-state index contributed by atoms with van der Waals surface area (Å²) >= 11 is 0. The minimum absolute atomic E-state index is 0.0360. The van der Waals surface area contributed by atoms with Crippen molar-refractivity contribution in [1.29, 1.82) is 0 Å². The standard InChI is InChI=1S/C20H25N5O3/c1-21-18-13-9-22-17(25-19(27)11-6-7-11)8-12(13)14(10-23-18)20(28)24-15-4-2-3-5-16(15)26/h8-11,15-16,26H,2-7H2,1H3,(H,21,23)(H,24,28)(H,22,25,27)/t15-,16-/m1/s1. The summed E-state index contributed by atoms with van der Waals surface area (Å²) in [5.74, 6) is 0.780. The quantitative estimate of drug-likeness (QED) is 0.628. The van der Waals surface area contributed by atoms with Crippen LogP contribution in [0.1, 0.15) is 48.9 Å². The van der Waals surface area contributed by atoms with Gasteiger partial charge in [0.25, 0.3) is 5.91 Å². The first-order valence-electron chi connectivity index (χ1n) is 9.83. The average molecular weight is 383 g/mol. The molecule has 2 fully saturated rings. The Balaban J connectivity index is 1.65. The molecule has 0 saturated heterocycles. The largest absolute Gasteiger partial charge is 0.391 e. The Bertz CT molecular complexity index is 912. The molecule has 2 atom stereocenters. The summed E-state index contributed by atoms with van der Waals surface area (Å²) in [7, 11) is 1.75. The van der Waals surface area contributed by atoms with E-state index in [1.807, 2.05) is 0 Å². The molecule has 8 nitrogen and oxygen atoms in total. The molecule has 2 aromatic heterocycles. The number of aliphatic hydroxyl groups excluding tert-OH is 1. The number of pyridine rings is 2. The number of amides is 2. The highest BCUT2D eigenvalue weighted by Crippen LogP contribution is 2.31. The van der Waals surface area contributed by atoms with Gasteiger partial charge in [-0.15, -0.1) is 0 Å². The number of rotatable bonds is 5. The molecular weight excluding hydrogens is 358 g/mol. The van der Waals surface area contributed by atoms with Gasteiger partial charge in [0.15, 0.2) is 0 Å². The Kier molecular flexibility index (Phi) is 5.13. The molecule has 8 heteroatoms. The van der Waals surface area contributed by atoms with Crippen molar-refractivity contribution in [3.63, 3.8) is 0 Å². The molecule has 0 bridgehead atoms. The molecule has 0 aromatic carbocycles. The number of aromatic nitrogens is 2. The lowest BCUT2D eigenvalue weighted by atomic mass is 9.92. The first-order chi connectivity index (χ1) is 13.6. The van der Waals surface area contributed by atoms with Crippen LogP contribution in [0.4, 0.5) is 11.6 Å². The van der Waals surface area contributed by atoms with Crippen molar-refractivity contribution in [2.45, 2.75) is 50.7 Å². The SMILES string of the molecule is CNc1ncc(C(=O)N[C@@H]2CCCC[C@H]2O)c2cc(NC(=O)C3CC3)ncc12. The number of nitrogens with zero attached hydrogens (tertiary/aromatic N) is 2. The summed E-state index contributed by atoms with van der Waals surface area (Å²) in [6, 6.07) is 1.46. The maximum absolute atomic E-state index is 12.9. The van der Waals surface area contributed by atoms with Gasteiger partial charge in [-0.05, 0) is 31.7 Å². The molecule has 148 valence electrons. The molecule has 2 aliphatic rings. The van der Waals surface area contributed by atoms with Crippen LogP contribution >= 0.6 is 0 Å². The number of hydrogen-bond donors (Lipinski definition) is 4. The zero-order chi connectivity index (χ0) is 19.7. The summed E-state index contributed by atoms with van der Waals surface area (Å²) in [6.45, 7) is 0. The highest BCUT2D eigenvalue weighted by atomic mass is 16.3. The lowest BCUT2D eigenvalue weighted by Gasteiger charge is -2.28. The zero-order valence-electron chi connectivity index (χ0n) is 15.9. The highest BCUT2D eigenvalue weighted by Gasteiger charge is 2.30. The molecule has 2 amide bonds. The first kappa shape index (κ1) is 18.6. The van der Waals surface area contributed by atoms with Gasteiger partial charge in [0, 0.05) is 36.1 Å². The topological polar surface area (TPSA) is 116 Å². The van der Waals surface area contributed by atoms with Crippen molar-refractivity contribution >= 4 is 34.2 Å². The van der Waals surface area contributed by atoms with Crippen LogP contribution in [-0.4, -0.2) is 46.1 Å². The van der Waals surface area contributed by atoms with E-state index in [9.17, 15) is 14.7 Å². The number of carbonyl (C=O) groups is 2. The molecule has 2 aliphatic carbocycles. The Labute approximate surface area is 163 Å². The van der Waals surface area contributed by atoms with Crippen molar-refractivity contribution < 1.29 is 14.7 Å². The minimum atomic E-state index is -0.524. The summed E-state index contributed by atoms with van der Waals surface area (Å²) < 4.78 is 0. The van der Waals surface area contributed by atoms with Gasteiger partial charge in [-0.25, -0.2) is 9.97 Å². The van der Waals surface area contributed by atoms with Gasteiger partial charge in [-0.2, -0.15) is 0 Å². The number of fused-ring (bicyclic) bond motifs is 1. The van der Waals surface area contributed by atoms with Gasteiger partial charge in [0.2, 0.25) is 5.91 Å². The van der Waals surface area contributed by atoms with E-state index in [1.165, 1.54) is 6.20 Å². The Hall–Kier alpha value is -2.74. The smallest absolute Gasteiger partial charge is 0.253 e. The van der Waals surface area contributed by atoms with E-state index in [0.717, 1.165) is 32.1 Å². The fourth-order valence-corrected chi connectivity index (χ4v) is 3.68. The molecule has 0 unspecified atom stereocenters. The van der Waals surface area contributed by atoms with E-state index >= 15 is 0 Å². The van der Waals surface area contributed by atoms with E-state index in [0.29, 0.717) is 34.4 Å². The minimum Gasteiger partial charge on any atom is -0.391 e. The summed E-state index contributed by atoms with van der Waals surface area (Å²) in [4.78, 5) is 33.6. The van der Waals surface area contributed by atoms with E-state index < -0.39 is 6.10 Å². The molecule has 4 rings (SSSR count).